The van der Waals surface area contributed by atoms with Crippen LogP contribution in [0.2, 0.25) is 5.02 Å². The van der Waals surface area contributed by atoms with Gasteiger partial charge >= 0.3 is 31.8 Å². The lowest BCUT2D eigenvalue weighted by Gasteiger charge is -2.25. The second-order valence-corrected chi connectivity index (χ2v) is 25.3. The molecule has 3 aromatic heterocycles. The molecule has 3 amide bonds. The molecule has 2 aliphatic rings. The Morgan fingerprint density at radius 1 is 0.947 bits per heavy atom. The molecule has 2 aliphatic carbocycles. The third kappa shape index (κ3) is 12.1. The van der Waals surface area contributed by atoms with Crippen LogP contribution in [0, 0.1) is 17.6 Å². The number of alkyl halides is 8. The molecule has 18 nitrogen and oxygen atoms in total. The Balaban J connectivity index is 1.45. The van der Waals surface area contributed by atoms with E-state index in [9.17, 15) is 80.7 Å². The highest BCUT2D eigenvalue weighted by molar-refractivity contribution is 7.93. The van der Waals surface area contributed by atoms with Gasteiger partial charge in [-0.2, -0.15) is 49.6 Å². The van der Waals surface area contributed by atoms with E-state index >= 15 is 8.78 Å². The Bertz CT molecular complexity index is 3420. The predicted molar refractivity (Wildman–Crippen MR) is 246 cm³/mol. The summed E-state index contributed by atoms with van der Waals surface area (Å²) in [6, 6.07) is 4.64. The smallest absolute Gasteiger partial charge is 0.347 e. The summed E-state index contributed by atoms with van der Waals surface area (Å²) in [7, 11) is -13.7. The van der Waals surface area contributed by atoms with Crippen molar-refractivity contribution in [3.63, 3.8) is 0 Å². The molecule has 0 saturated heterocycles. The molecule has 2 aromatic carbocycles. The number of rotatable bonds is 17. The van der Waals surface area contributed by atoms with Crippen molar-refractivity contribution in [3.05, 3.63) is 93.0 Å². The fraction of sp³-hybridized carbons (Fsp3) is 0.442. The SMILES string of the molecule is CC(C)(CCc1ccc(-c2ccc(Cl)c3c(N(C(=O)C(=O)NCCP(=O)(O)O)S(C)(=O)=O)nn(CC(F)(F)F)c23)c([C@H](Cc2cc(F)cc(F)c2)NC(=O)Cn2nc(C(F)(F)F)c3c2C(F)(F)C2C[C@H]32)n1)S(C)(=O)=O. The minimum atomic E-state index is -5.25. The van der Waals surface area contributed by atoms with Gasteiger partial charge in [0.2, 0.25) is 15.9 Å². The number of halogens is 11. The summed E-state index contributed by atoms with van der Waals surface area (Å²) >= 11 is 6.57. The van der Waals surface area contributed by atoms with Crippen molar-refractivity contribution in [3.8, 4) is 11.1 Å². The predicted octanol–water partition coefficient (Wildman–Crippen LogP) is 6.46. The van der Waals surface area contributed by atoms with Gasteiger partial charge in [0, 0.05) is 47.2 Å². The molecular formula is C43H42ClF10N8O10PS2. The summed E-state index contributed by atoms with van der Waals surface area (Å²) in [6.45, 7) is -1.58. The zero-order chi connectivity index (χ0) is 55.9. The number of hydrogen-bond acceptors (Lipinski definition) is 11. The molecule has 0 bridgehead atoms. The van der Waals surface area contributed by atoms with E-state index in [1.165, 1.54) is 26.0 Å². The summed E-state index contributed by atoms with van der Waals surface area (Å²) in [5, 5.41) is 9.97. The van der Waals surface area contributed by atoms with Gasteiger partial charge in [0.05, 0.1) is 44.8 Å². The van der Waals surface area contributed by atoms with E-state index in [0.29, 0.717) is 12.3 Å². The zero-order valence-corrected chi connectivity index (χ0v) is 42.5. The van der Waals surface area contributed by atoms with Gasteiger partial charge in [0.1, 0.15) is 30.4 Å². The maximum atomic E-state index is 15.6. The molecule has 3 atom stereocenters. The molecule has 7 rings (SSSR count). The first kappa shape index (κ1) is 57.0. The Morgan fingerprint density at radius 3 is 2.15 bits per heavy atom. The zero-order valence-electron chi connectivity index (χ0n) is 39.2. The number of aromatic nitrogens is 5. The van der Waals surface area contributed by atoms with Gasteiger partial charge in [-0.15, -0.1) is 0 Å². The first-order valence-electron chi connectivity index (χ1n) is 21.9. The number of benzene rings is 2. The fourth-order valence-electron chi connectivity index (χ4n) is 8.71. The molecule has 0 radical (unpaired) electrons. The van der Waals surface area contributed by atoms with Crippen LogP contribution in [-0.2, 0) is 76.8 Å². The van der Waals surface area contributed by atoms with Gasteiger partial charge in [-0.3, -0.25) is 33.3 Å². The van der Waals surface area contributed by atoms with Gasteiger partial charge in [-0.05, 0) is 75.3 Å². The van der Waals surface area contributed by atoms with Crippen LogP contribution in [0.1, 0.15) is 72.6 Å². The maximum Gasteiger partial charge on any atom is 0.435 e. The molecule has 0 aliphatic heterocycles. The third-order valence-corrected chi connectivity index (χ3v) is 16.9. The van der Waals surface area contributed by atoms with Gasteiger partial charge < -0.3 is 20.4 Å². The lowest BCUT2D eigenvalue weighted by atomic mass is 9.93. The van der Waals surface area contributed by atoms with Gasteiger partial charge in [0.25, 0.3) is 5.92 Å². The highest BCUT2D eigenvalue weighted by Gasteiger charge is 2.68. The van der Waals surface area contributed by atoms with Crippen molar-refractivity contribution < 1.29 is 89.5 Å². The van der Waals surface area contributed by atoms with Crippen LogP contribution < -0.4 is 14.9 Å². The monoisotopic (exact) mass is 1150 g/mol. The second kappa shape index (κ2) is 19.7. The van der Waals surface area contributed by atoms with Crippen molar-refractivity contribution in [1.29, 1.82) is 0 Å². The molecule has 408 valence electrons. The number of hydrogen-bond donors (Lipinski definition) is 4. The summed E-state index contributed by atoms with van der Waals surface area (Å²) in [5.41, 5.74) is -5.94. The summed E-state index contributed by atoms with van der Waals surface area (Å²) in [4.78, 5) is 63.9. The number of carbonyl (C=O) groups is 3. The quantitative estimate of drug-likeness (QED) is 0.0444. The first-order chi connectivity index (χ1) is 34.3. The van der Waals surface area contributed by atoms with E-state index in [-0.39, 0.29) is 49.8 Å². The van der Waals surface area contributed by atoms with Crippen molar-refractivity contribution in [1.82, 2.24) is 35.2 Å². The summed E-state index contributed by atoms with van der Waals surface area (Å²) < 4.78 is 209. The summed E-state index contributed by atoms with van der Waals surface area (Å²) in [6.07, 6.45) is -11.6. The number of fused-ring (bicyclic) bond motifs is 4. The average Bonchev–Trinajstić information content (AvgIpc) is 3.76. The normalized spacial score (nSPS) is 17.1. The van der Waals surface area contributed by atoms with Crippen LogP contribution in [0.3, 0.4) is 0 Å². The van der Waals surface area contributed by atoms with Crippen LogP contribution in [0.25, 0.3) is 22.0 Å². The number of sulfone groups is 1. The number of pyridine rings is 1. The Labute approximate surface area is 423 Å². The largest absolute Gasteiger partial charge is 0.435 e. The summed E-state index contributed by atoms with van der Waals surface area (Å²) in [5.74, 6) is -15.4. The Morgan fingerprint density at radius 2 is 1.57 bits per heavy atom. The molecular weight excluding hydrogens is 1110 g/mol. The molecule has 0 spiro atoms. The number of sulfonamides is 1. The average molecular weight is 1150 g/mol. The van der Waals surface area contributed by atoms with E-state index < -0.39 is 180 Å². The molecule has 1 unspecified atom stereocenters. The number of carbonyl (C=O) groups excluding carboxylic acids is 3. The molecule has 75 heavy (non-hydrogen) atoms. The number of amides is 3. The molecule has 3 heterocycles. The molecule has 5 aromatic rings. The molecule has 1 saturated carbocycles. The minimum Gasteiger partial charge on any atom is -0.347 e. The van der Waals surface area contributed by atoms with Gasteiger partial charge in [-0.25, -0.2) is 25.6 Å². The van der Waals surface area contributed by atoms with Crippen molar-refractivity contribution in [2.75, 3.05) is 29.5 Å². The van der Waals surface area contributed by atoms with Crippen LogP contribution >= 0.6 is 19.2 Å². The Kier molecular flexibility index (Phi) is 15.0. The highest BCUT2D eigenvalue weighted by Crippen LogP contribution is 2.68. The van der Waals surface area contributed by atoms with Crippen molar-refractivity contribution in [2.24, 2.45) is 5.92 Å². The van der Waals surface area contributed by atoms with Crippen molar-refractivity contribution >= 4 is 73.5 Å². The number of nitrogens with zero attached hydrogens (tertiary/aromatic N) is 6. The fourth-order valence-corrected chi connectivity index (χ4v) is 10.6. The van der Waals surface area contributed by atoms with E-state index in [1.807, 2.05) is 0 Å². The molecule has 4 N–H and O–H groups in total. The van der Waals surface area contributed by atoms with Crippen LogP contribution in [0.4, 0.5) is 49.7 Å². The first-order valence-corrected chi connectivity index (χ1v) is 27.8. The van der Waals surface area contributed by atoms with Gasteiger partial charge in [-0.1, -0.05) is 23.7 Å². The highest BCUT2D eigenvalue weighted by atomic mass is 35.5. The van der Waals surface area contributed by atoms with E-state index in [1.54, 1.807) is 5.32 Å². The number of anilines is 1. The Hall–Kier alpha value is -5.68. The van der Waals surface area contributed by atoms with E-state index in [2.05, 4.69) is 20.5 Å². The van der Waals surface area contributed by atoms with Crippen LogP contribution in [0.15, 0.2) is 42.5 Å². The molecule has 1 fully saturated rings. The van der Waals surface area contributed by atoms with Crippen LogP contribution in [-0.4, -0.2) is 105 Å². The lowest BCUT2D eigenvalue weighted by Crippen LogP contribution is -2.46. The second-order valence-electron chi connectivity index (χ2n) is 18.6. The number of aryl methyl sites for hydroxylation is 1. The lowest BCUT2D eigenvalue weighted by molar-refractivity contribution is -0.143. The third-order valence-electron chi connectivity index (χ3n) is 12.5. The maximum absolute atomic E-state index is 15.6. The topological polar surface area (TPSA) is 253 Å². The number of nitrogens with one attached hydrogen (secondary N) is 2. The van der Waals surface area contributed by atoms with Crippen LogP contribution in [0.5, 0.6) is 0 Å². The van der Waals surface area contributed by atoms with E-state index in [0.717, 1.165) is 30.5 Å². The molecule has 32 heteroatoms. The van der Waals surface area contributed by atoms with Gasteiger partial charge in [0.15, 0.2) is 21.3 Å². The van der Waals surface area contributed by atoms with Crippen molar-refractivity contribution in [2.45, 2.75) is 87.6 Å². The standard InChI is InChI=1S/C43H42ClF10N8O10PS2/c1-40(2,74(3,69)70)10-9-23-5-6-24(25-7-8-28(44)32-34(25)61(19-41(47,48)49)59-37(32)62(75(4,71)72)39(65)38(64)55-11-12-73(66,67)68)33(56-23)29(15-20-13-21(45)16-22(46)14-20)57-30(63)18-60-36-31(35(58-60)43(52,53)54)26-17-27(26)42(36,50)51/h5-8,13-14,16,26-27,29H,9-12,15,17-19H2,1-4H3,(H,55,64)(H,57,63)(H2,66,67,68)/t26-,27?,29-/m0/s1. The minimum absolute atomic E-state index is 0.0120. The van der Waals surface area contributed by atoms with E-state index in [4.69, 9.17) is 11.6 Å².